The highest BCUT2D eigenvalue weighted by Gasteiger charge is 2.34. The van der Waals surface area contributed by atoms with Crippen LogP contribution in [0.15, 0.2) is 36.5 Å². The first kappa shape index (κ1) is 27.6. The molecule has 2 aromatic rings. The zero-order valence-corrected chi connectivity index (χ0v) is 21.7. The number of piperazine rings is 1. The third kappa shape index (κ3) is 7.12. The van der Waals surface area contributed by atoms with E-state index in [9.17, 15) is 13.2 Å². The van der Waals surface area contributed by atoms with Gasteiger partial charge in [0.15, 0.2) is 0 Å². The van der Waals surface area contributed by atoms with Crippen molar-refractivity contribution in [3.8, 4) is 12.1 Å². The van der Waals surface area contributed by atoms with Gasteiger partial charge in [-0.2, -0.15) is 23.7 Å². The molecular weight excluding hydrogens is 513 g/mol. The molecule has 0 radical (unpaired) electrons. The number of anilines is 2. The van der Waals surface area contributed by atoms with Gasteiger partial charge in [0, 0.05) is 44.5 Å². The number of benzene rings is 1. The maximum absolute atomic E-state index is 13.2. The number of pyridine rings is 1. The summed E-state index contributed by atoms with van der Waals surface area (Å²) in [6, 6.07) is 11.1. The predicted octanol–water partition coefficient (Wildman–Crippen LogP) is 4.98. The van der Waals surface area contributed by atoms with Crippen LogP contribution in [0.2, 0.25) is 0 Å². The average Bonchev–Trinajstić information content (AvgIpc) is 2.93. The minimum absolute atomic E-state index is 0.0870. The van der Waals surface area contributed by atoms with Crippen molar-refractivity contribution in [1.29, 1.82) is 10.5 Å². The van der Waals surface area contributed by atoms with E-state index in [0.29, 0.717) is 30.5 Å². The van der Waals surface area contributed by atoms with Gasteiger partial charge in [-0.3, -0.25) is 0 Å². The number of nitrogens with one attached hydrogen (secondary N) is 1. The standard InChI is InChI=1S/C27H29F3N6OS/c28-27(29,30)25-13-22(6-3-20(25)14-31)34-21-4-1-19(2-5-21)17-37-18-26(38)36-11-9-35(10-12-36)24-8-7-23(15-32)33-16-24/h3,6-8,13,16,19,21,34H,1-2,4-5,9-12,17-18H2. The molecule has 4 rings (SSSR count). The van der Waals surface area contributed by atoms with E-state index in [0.717, 1.165) is 68.6 Å². The van der Waals surface area contributed by atoms with Gasteiger partial charge >= 0.3 is 6.18 Å². The van der Waals surface area contributed by atoms with Gasteiger partial charge in [0.2, 0.25) is 0 Å². The molecule has 11 heteroatoms. The van der Waals surface area contributed by atoms with Gasteiger partial charge in [-0.05, 0) is 61.9 Å². The molecule has 1 saturated carbocycles. The molecule has 2 heterocycles. The predicted molar refractivity (Wildman–Crippen MR) is 142 cm³/mol. The summed E-state index contributed by atoms with van der Waals surface area (Å²) in [6.45, 7) is 4.23. The molecule has 1 aliphatic heterocycles. The number of hydrogen-bond acceptors (Lipinski definition) is 7. The molecule has 2 aliphatic rings. The van der Waals surface area contributed by atoms with Crippen LogP contribution in [0.3, 0.4) is 0 Å². The molecular formula is C27H29F3N6OS. The van der Waals surface area contributed by atoms with Crippen LogP contribution in [0, 0.1) is 28.6 Å². The first-order valence-electron chi connectivity index (χ1n) is 12.6. The number of thiocarbonyl (C=S) groups is 1. The van der Waals surface area contributed by atoms with Crippen LogP contribution >= 0.6 is 12.2 Å². The summed E-state index contributed by atoms with van der Waals surface area (Å²) >= 11 is 5.60. The van der Waals surface area contributed by atoms with Crippen LogP contribution in [-0.4, -0.2) is 60.3 Å². The summed E-state index contributed by atoms with van der Waals surface area (Å²) in [5, 5.41) is 21.1. The molecule has 1 saturated heterocycles. The van der Waals surface area contributed by atoms with Crippen molar-refractivity contribution in [1.82, 2.24) is 9.88 Å². The second-order valence-corrected chi connectivity index (χ2v) is 10.1. The molecule has 0 atom stereocenters. The zero-order valence-electron chi connectivity index (χ0n) is 20.9. The van der Waals surface area contributed by atoms with E-state index >= 15 is 0 Å². The van der Waals surface area contributed by atoms with Crippen molar-refractivity contribution in [3.05, 3.63) is 53.3 Å². The summed E-state index contributed by atoms with van der Waals surface area (Å²) in [4.78, 5) is 9.32. The molecule has 1 aliphatic carbocycles. The molecule has 0 spiro atoms. The van der Waals surface area contributed by atoms with E-state index in [2.05, 4.69) is 20.1 Å². The molecule has 7 nitrogen and oxygen atoms in total. The van der Waals surface area contributed by atoms with Gasteiger partial charge < -0.3 is 19.9 Å². The number of rotatable bonds is 7. The largest absolute Gasteiger partial charge is 0.417 e. The summed E-state index contributed by atoms with van der Waals surface area (Å²) < 4.78 is 45.6. The van der Waals surface area contributed by atoms with Crippen molar-refractivity contribution in [2.45, 2.75) is 37.9 Å². The van der Waals surface area contributed by atoms with Gasteiger partial charge in [-0.25, -0.2) is 4.98 Å². The van der Waals surface area contributed by atoms with Crippen molar-refractivity contribution in [2.24, 2.45) is 5.92 Å². The van der Waals surface area contributed by atoms with Gasteiger partial charge in [0.25, 0.3) is 0 Å². The molecule has 2 fully saturated rings. The van der Waals surface area contributed by atoms with Crippen LogP contribution in [0.1, 0.15) is 42.5 Å². The van der Waals surface area contributed by atoms with Crippen LogP contribution < -0.4 is 10.2 Å². The molecule has 1 aromatic carbocycles. The van der Waals surface area contributed by atoms with E-state index < -0.39 is 11.7 Å². The minimum Gasteiger partial charge on any atom is -0.382 e. The van der Waals surface area contributed by atoms with Crippen molar-refractivity contribution >= 4 is 28.6 Å². The van der Waals surface area contributed by atoms with Gasteiger partial charge in [-0.15, -0.1) is 0 Å². The number of nitrogens with zero attached hydrogens (tertiary/aromatic N) is 5. The Bertz CT molecular complexity index is 1190. The Morgan fingerprint density at radius 3 is 2.39 bits per heavy atom. The van der Waals surface area contributed by atoms with Gasteiger partial charge in [-0.1, -0.05) is 12.2 Å². The average molecular weight is 543 g/mol. The Kier molecular flexibility index (Phi) is 9.03. The highest BCUT2D eigenvalue weighted by molar-refractivity contribution is 7.80. The fourth-order valence-corrected chi connectivity index (χ4v) is 5.20. The lowest BCUT2D eigenvalue weighted by atomic mass is 9.86. The topological polar surface area (TPSA) is 88.2 Å². The van der Waals surface area contributed by atoms with E-state index in [-0.39, 0.29) is 11.6 Å². The number of alkyl halides is 3. The smallest absolute Gasteiger partial charge is 0.382 e. The molecule has 38 heavy (non-hydrogen) atoms. The fraction of sp³-hybridized carbons (Fsp3) is 0.481. The van der Waals surface area contributed by atoms with Crippen LogP contribution in [0.4, 0.5) is 24.5 Å². The molecule has 0 bridgehead atoms. The lowest BCUT2D eigenvalue weighted by Crippen LogP contribution is -2.49. The van der Waals surface area contributed by atoms with Crippen LogP contribution in [0.5, 0.6) is 0 Å². The summed E-state index contributed by atoms with van der Waals surface area (Å²) in [7, 11) is 0. The minimum atomic E-state index is -4.56. The lowest BCUT2D eigenvalue weighted by Gasteiger charge is -2.37. The molecule has 1 N–H and O–H groups in total. The maximum atomic E-state index is 13.2. The van der Waals surface area contributed by atoms with Crippen LogP contribution in [-0.2, 0) is 10.9 Å². The van der Waals surface area contributed by atoms with Gasteiger partial charge in [0.05, 0.1) is 35.7 Å². The van der Waals surface area contributed by atoms with Crippen LogP contribution in [0.25, 0.3) is 0 Å². The number of halogens is 3. The monoisotopic (exact) mass is 542 g/mol. The third-order valence-electron chi connectivity index (χ3n) is 7.10. The van der Waals surface area contributed by atoms with E-state index in [1.54, 1.807) is 18.3 Å². The summed E-state index contributed by atoms with van der Waals surface area (Å²) in [5.74, 6) is 0.392. The highest BCUT2D eigenvalue weighted by Crippen LogP contribution is 2.34. The second kappa shape index (κ2) is 12.4. The molecule has 0 amide bonds. The quantitative estimate of drug-likeness (QED) is 0.490. The molecule has 1 aromatic heterocycles. The Morgan fingerprint density at radius 2 is 1.79 bits per heavy atom. The number of hydrogen-bond donors (Lipinski definition) is 1. The molecule has 0 unspecified atom stereocenters. The van der Waals surface area contributed by atoms with Crippen molar-refractivity contribution in [3.63, 3.8) is 0 Å². The molecule has 200 valence electrons. The zero-order chi connectivity index (χ0) is 27.1. The normalized spacial score (nSPS) is 19.9. The third-order valence-corrected chi connectivity index (χ3v) is 7.48. The van der Waals surface area contributed by atoms with E-state index in [1.807, 2.05) is 12.1 Å². The Hall–Kier alpha value is -3.41. The first-order valence-corrected chi connectivity index (χ1v) is 13.0. The number of aromatic nitrogens is 1. The van der Waals surface area contributed by atoms with E-state index in [4.69, 9.17) is 27.5 Å². The van der Waals surface area contributed by atoms with Crippen molar-refractivity contribution in [2.75, 3.05) is 49.6 Å². The Morgan fingerprint density at radius 1 is 1.05 bits per heavy atom. The Labute approximate surface area is 225 Å². The fourth-order valence-electron chi connectivity index (χ4n) is 4.93. The second-order valence-electron chi connectivity index (χ2n) is 9.63. The van der Waals surface area contributed by atoms with Gasteiger partial charge in [0.1, 0.15) is 16.8 Å². The summed E-state index contributed by atoms with van der Waals surface area (Å²) in [6.07, 6.45) is 0.685. The number of ether oxygens (including phenoxy) is 1. The summed E-state index contributed by atoms with van der Waals surface area (Å²) in [5.41, 5.74) is 0.511. The first-order chi connectivity index (χ1) is 18.3. The Balaban J connectivity index is 1.15. The lowest BCUT2D eigenvalue weighted by molar-refractivity contribution is -0.137. The highest BCUT2D eigenvalue weighted by atomic mass is 32.1. The van der Waals surface area contributed by atoms with E-state index in [1.165, 1.54) is 12.1 Å². The number of nitriles is 2. The SMILES string of the molecule is N#Cc1ccc(N2CCN(C(=S)COCC3CCC(Nc4ccc(C#N)c(C(F)(F)F)c4)CC3)CC2)cn1. The van der Waals surface area contributed by atoms with Crippen molar-refractivity contribution < 1.29 is 17.9 Å². The maximum Gasteiger partial charge on any atom is 0.417 e.